The summed E-state index contributed by atoms with van der Waals surface area (Å²) in [7, 11) is 0. The van der Waals surface area contributed by atoms with Crippen molar-refractivity contribution in [3.63, 3.8) is 0 Å². The van der Waals surface area contributed by atoms with E-state index in [-0.39, 0.29) is 31.1 Å². The molecule has 0 aromatic carbocycles. The molecule has 0 fully saturated rings. The zero-order valence-corrected chi connectivity index (χ0v) is 54.4. The van der Waals surface area contributed by atoms with Gasteiger partial charge < -0.3 is 14.2 Å². The van der Waals surface area contributed by atoms with Gasteiger partial charge in [-0.25, -0.2) is 0 Å². The second-order valence-corrected chi connectivity index (χ2v) is 24.9. The average Bonchev–Trinajstić information content (AvgIpc) is 3.46. The first kappa shape index (κ1) is 77.9. The van der Waals surface area contributed by atoms with Crippen molar-refractivity contribution >= 4 is 17.9 Å². The van der Waals surface area contributed by atoms with Crippen molar-refractivity contribution < 1.29 is 28.6 Å². The number of rotatable bonds is 68. The fraction of sp³-hybridized carbons (Fsp3) is 0.905. The van der Waals surface area contributed by atoms with Gasteiger partial charge >= 0.3 is 17.9 Å². The fourth-order valence-electron chi connectivity index (χ4n) is 11.2. The van der Waals surface area contributed by atoms with E-state index in [1.807, 2.05) is 0 Å². The van der Waals surface area contributed by atoms with Gasteiger partial charge in [-0.05, 0) is 51.4 Å². The van der Waals surface area contributed by atoms with Crippen molar-refractivity contribution in [2.45, 2.75) is 419 Å². The monoisotopic (exact) mass is 1130 g/mol. The highest BCUT2D eigenvalue weighted by Crippen LogP contribution is 2.19. The summed E-state index contributed by atoms with van der Waals surface area (Å²) in [5, 5.41) is 0. The van der Waals surface area contributed by atoms with Gasteiger partial charge in [0, 0.05) is 19.3 Å². The molecule has 0 rings (SSSR count). The van der Waals surface area contributed by atoms with Crippen LogP contribution in [0.15, 0.2) is 24.3 Å². The van der Waals surface area contributed by atoms with Crippen LogP contribution < -0.4 is 0 Å². The Morgan fingerprint density at radius 3 is 0.688 bits per heavy atom. The highest BCUT2D eigenvalue weighted by molar-refractivity contribution is 5.71. The summed E-state index contributed by atoms with van der Waals surface area (Å²) in [6.07, 6.45) is 85.5. The van der Waals surface area contributed by atoms with Gasteiger partial charge in [-0.15, -0.1) is 0 Å². The van der Waals surface area contributed by atoms with Gasteiger partial charge in [-0.1, -0.05) is 366 Å². The van der Waals surface area contributed by atoms with Gasteiger partial charge in [0.2, 0.25) is 0 Å². The number of hydrogen-bond donors (Lipinski definition) is 0. The Balaban J connectivity index is 3.94. The topological polar surface area (TPSA) is 78.9 Å². The molecule has 0 N–H and O–H groups in total. The smallest absolute Gasteiger partial charge is 0.306 e. The standard InChI is InChI=1S/C74H140O6/c1-4-7-10-13-16-18-20-22-24-26-28-30-32-34-35-36-37-38-39-41-42-44-46-48-50-52-54-56-58-61-64-67-73(76)79-70-71(69-78-72(75)66-63-60-15-12-9-6-3)80-74(77)68-65-62-59-57-55-53-51-49-47-45-43-40-33-31-29-27-25-23-21-19-17-14-11-8-5-2/h20,22,26,28,71H,4-19,21,23-25,27,29-70H2,1-3H3/b22-20-,28-26-. The van der Waals surface area contributed by atoms with E-state index in [0.717, 1.165) is 64.2 Å². The van der Waals surface area contributed by atoms with Gasteiger partial charge in [-0.2, -0.15) is 0 Å². The molecule has 0 aliphatic rings. The van der Waals surface area contributed by atoms with Gasteiger partial charge in [-0.3, -0.25) is 14.4 Å². The first-order chi connectivity index (χ1) is 39.5. The second kappa shape index (κ2) is 69.4. The Bertz CT molecular complexity index is 1290. The Morgan fingerprint density at radius 1 is 0.250 bits per heavy atom. The van der Waals surface area contributed by atoms with Crippen LogP contribution in [0.25, 0.3) is 0 Å². The third-order valence-electron chi connectivity index (χ3n) is 16.7. The highest BCUT2D eigenvalue weighted by Gasteiger charge is 2.19. The number of carbonyl (C=O) groups is 3. The van der Waals surface area contributed by atoms with Crippen molar-refractivity contribution in [2.75, 3.05) is 13.2 Å². The third kappa shape index (κ3) is 66.7. The van der Waals surface area contributed by atoms with Crippen molar-refractivity contribution in [1.29, 1.82) is 0 Å². The molecule has 6 nitrogen and oxygen atoms in total. The molecule has 0 heterocycles. The van der Waals surface area contributed by atoms with Crippen LogP contribution in [0.3, 0.4) is 0 Å². The first-order valence-electron chi connectivity index (χ1n) is 36.3. The minimum absolute atomic E-state index is 0.0643. The number of unbranched alkanes of at least 4 members (excludes halogenated alkanes) is 53. The molecule has 0 aromatic rings. The molecular formula is C74H140O6. The molecule has 80 heavy (non-hydrogen) atoms. The zero-order valence-electron chi connectivity index (χ0n) is 54.4. The van der Waals surface area contributed by atoms with E-state index >= 15 is 0 Å². The lowest BCUT2D eigenvalue weighted by Crippen LogP contribution is -2.30. The Labute approximate surface area is 500 Å². The molecule has 0 radical (unpaired) electrons. The van der Waals surface area contributed by atoms with Gasteiger partial charge in [0.1, 0.15) is 13.2 Å². The van der Waals surface area contributed by atoms with Crippen LogP contribution >= 0.6 is 0 Å². The van der Waals surface area contributed by atoms with Crippen LogP contribution in [0.2, 0.25) is 0 Å². The number of hydrogen-bond acceptors (Lipinski definition) is 6. The summed E-state index contributed by atoms with van der Waals surface area (Å²) in [5.41, 5.74) is 0. The molecule has 1 unspecified atom stereocenters. The molecule has 0 aliphatic carbocycles. The Hall–Kier alpha value is -2.11. The van der Waals surface area contributed by atoms with Gasteiger partial charge in [0.05, 0.1) is 0 Å². The average molecular weight is 1130 g/mol. The molecule has 0 aliphatic heterocycles. The summed E-state index contributed by atoms with van der Waals surface area (Å²) >= 11 is 0. The van der Waals surface area contributed by atoms with E-state index in [1.165, 1.54) is 308 Å². The maximum absolute atomic E-state index is 12.9. The summed E-state index contributed by atoms with van der Waals surface area (Å²) in [4.78, 5) is 38.1. The van der Waals surface area contributed by atoms with Crippen LogP contribution in [0.4, 0.5) is 0 Å². The van der Waals surface area contributed by atoms with Gasteiger partial charge in [0.25, 0.3) is 0 Å². The molecule has 0 bridgehead atoms. The highest BCUT2D eigenvalue weighted by atomic mass is 16.6. The van der Waals surface area contributed by atoms with Crippen LogP contribution in [0, 0.1) is 0 Å². The van der Waals surface area contributed by atoms with Crippen molar-refractivity contribution in [3.05, 3.63) is 24.3 Å². The lowest BCUT2D eigenvalue weighted by Gasteiger charge is -2.18. The van der Waals surface area contributed by atoms with E-state index in [4.69, 9.17) is 14.2 Å². The Kier molecular flexibility index (Phi) is 67.6. The van der Waals surface area contributed by atoms with Crippen LogP contribution in [-0.4, -0.2) is 37.2 Å². The molecule has 0 saturated heterocycles. The predicted octanol–water partition coefficient (Wildman–Crippen LogP) is 25.0. The Morgan fingerprint density at radius 2 is 0.450 bits per heavy atom. The minimum atomic E-state index is -0.764. The largest absolute Gasteiger partial charge is 0.462 e. The molecule has 6 heteroatoms. The number of ether oxygens (including phenoxy) is 3. The van der Waals surface area contributed by atoms with E-state index < -0.39 is 6.10 Å². The maximum Gasteiger partial charge on any atom is 0.306 e. The van der Waals surface area contributed by atoms with Crippen molar-refractivity contribution in [2.24, 2.45) is 0 Å². The molecule has 472 valence electrons. The fourth-order valence-corrected chi connectivity index (χ4v) is 11.2. The second-order valence-electron chi connectivity index (χ2n) is 24.9. The first-order valence-corrected chi connectivity index (χ1v) is 36.3. The number of allylic oxidation sites excluding steroid dienone is 4. The van der Waals surface area contributed by atoms with Crippen LogP contribution in [0.5, 0.6) is 0 Å². The van der Waals surface area contributed by atoms with Crippen LogP contribution in [-0.2, 0) is 28.6 Å². The van der Waals surface area contributed by atoms with E-state index in [1.54, 1.807) is 0 Å². The summed E-state index contributed by atoms with van der Waals surface area (Å²) < 4.78 is 16.9. The zero-order chi connectivity index (χ0) is 57.8. The molecular weight excluding hydrogens is 985 g/mol. The SMILES string of the molecule is CCCCCCC/C=C\C/C=C\CCCCCCCCCCCCCCCCCCCCCC(=O)OCC(COC(=O)CCCCCCCC)OC(=O)CCCCCCCCCCCCCCCCCCCCCCCCCCC. The third-order valence-corrected chi connectivity index (χ3v) is 16.7. The maximum atomic E-state index is 12.9. The molecule has 0 aromatic heterocycles. The summed E-state index contributed by atoms with van der Waals surface area (Å²) in [5.74, 6) is -0.843. The lowest BCUT2D eigenvalue weighted by molar-refractivity contribution is -0.167. The van der Waals surface area contributed by atoms with E-state index in [2.05, 4.69) is 45.1 Å². The van der Waals surface area contributed by atoms with E-state index in [9.17, 15) is 14.4 Å². The van der Waals surface area contributed by atoms with Crippen molar-refractivity contribution in [3.8, 4) is 0 Å². The quantitative estimate of drug-likeness (QED) is 0.0261. The molecule has 1 atom stereocenters. The van der Waals surface area contributed by atoms with Crippen molar-refractivity contribution in [1.82, 2.24) is 0 Å². The lowest BCUT2D eigenvalue weighted by atomic mass is 10.0. The predicted molar refractivity (Wildman–Crippen MR) is 349 cm³/mol. The minimum Gasteiger partial charge on any atom is -0.462 e. The molecule has 0 amide bonds. The van der Waals surface area contributed by atoms with Crippen LogP contribution in [0.1, 0.15) is 412 Å². The normalized spacial score (nSPS) is 12.1. The summed E-state index contributed by atoms with van der Waals surface area (Å²) in [6, 6.07) is 0. The molecule has 0 saturated carbocycles. The number of esters is 3. The number of carbonyl (C=O) groups excluding carboxylic acids is 3. The van der Waals surface area contributed by atoms with E-state index in [0.29, 0.717) is 19.3 Å². The molecule has 0 spiro atoms. The van der Waals surface area contributed by atoms with Gasteiger partial charge in [0.15, 0.2) is 6.10 Å². The summed E-state index contributed by atoms with van der Waals surface area (Å²) in [6.45, 7) is 6.65.